The van der Waals surface area contributed by atoms with Gasteiger partial charge in [-0.1, -0.05) is 82.2 Å². The molecule has 2 aromatic rings. The van der Waals surface area contributed by atoms with Gasteiger partial charge in [-0.2, -0.15) is 0 Å². The second-order valence-electron chi connectivity index (χ2n) is 6.52. The average Bonchev–Trinajstić information content (AvgIpc) is 2.54. The van der Waals surface area contributed by atoms with Crippen molar-refractivity contribution in [2.45, 2.75) is 71.6 Å². The van der Waals surface area contributed by atoms with Crippen LogP contribution in [0.25, 0.3) is 10.8 Å². The average molecular weight is 297 g/mol. The molecule has 2 N–H and O–H groups in total. The summed E-state index contributed by atoms with van der Waals surface area (Å²) >= 11 is 0. The lowest BCUT2D eigenvalue weighted by molar-refractivity contribution is 0.575. The van der Waals surface area contributed by atoms with Crippen molar-refractivity contribution >= 4 is 16.5 Å². The molecule has 0 bridgehead atoms. The fraction of sp³-hybridized carbons (Fsp3) is 0.524. The van der Waals surface area contributed by atoms with Gasteiger partial charge in [0.2, 0.25) is 0 Å². The molecule has 1 nitrogen and oxygen atoms in total. The molecule has 0 unspecified atom stereocenters. The van der Waals surface area contributed by atoms with E-state index >= 15 is 0 Å². The molecule has 0 amide bonds. The molecule has 0 saturated heterocycles. The first kappa shape index (κ1) is 16.9. The molecule has 2 rings (SSSR count). The molecular formula is C21H31N. The molecular weight excluding hydrogens is 266 g/mol. The molecule has 0 heterocycles. The van der Waals surface area contributed by atoms with Crippen LogP contribution in [0.15, 0.2) is 30.3 Å². The summed E-state index contributed by atoms with van der Waals surface area (Å²) in [6.45, 7) is 4.44. The number of anilines is 1. The van der Waals surface area contributed by atoms with Crippen molar-refractivity contribution in [3.8, 4) is 0 Å². The van der Waals surface area contributed by atoms with Crippen LogP contribution in [0.5, 0.6) is 0 Å². The Morgan fingerprint density at radius 1 is 0.864 bits per heavy atom. The Kier molecular flexibility index (Phi) is 6.76. The van der Waals surface area contributed by atoms with E-state index in [1.54, 1.807) is 0 Å². The summed E-state index contributed by atoms with van der Waals surface area (Å²) < 4.78 is 0. The SMILES string of the molecule is CCCCCCCCCCc1cc2ccccc2c(N)c1C. The van der Waals surface area contributed by atoms with E-state index in [0.29, 0.717) is 0 Å². The molecule has 2 aromatic carbocycles. The third-order valence-corrected chi connectivity index (χ3v) is 4.77. The third kappa shape index (κ3) is 4.50. The van der Waals surface area contributed by atoms with Gasteiger partial charge in [-0.25, -0.2) is 0 Å². The number of unbranched alkanes of at least 4 members (excludes halogenated alkanes) is 7. The Morgan fingerprint density at radius 2 is 1.50 bits per heavy atom. The largest absolute Gasteiger partial charge is 0.398 e. The van der Waals surface area contributed by atoms with Gasteiger partial charge in [-0.05, 0) is 36.3 Å². The predicted molar refractivity (Wildman–Crippen MR) is 99.4 cm³/mol. The van der Waals surface area contributed by atoms with Gasteiger partial charge in [0.15, 0.2) is 0 Å². The van der Waals surface area contributed by atoms with Gasteiger partial charge in [0, 0.05) is 11.1 Å². The van der Waals surface area contributed by atoms with Crippen LogP contribution in [-0.2, 0) is 6.42 Å². The minimum atomic E-state index is 0.965. The summed E-state index contributed by atoms with van der Waals surface area (Å²) in [6.07, 6.45) is 12.1. The zero-order chi connectivity index (χ0) is 15.8. The number of fused-ring (bicyclic) bond motifs is 1. The summed E-state index contributed by atoms with van der Waals surface area (Å²) in [5.74, 6) is 0. The van der Waals surface area contributed by atoms with Crippen LogP contribution in [0, 0.1) is 6.92 Å². The normalized spacial score (nSPS) is 11.2. The maximum absolute atomic E-state index is 6.32. The minimum Gasteiger partial charge on any atom is -0.398 e. The first-order valence-electron chi connectivity index (χ1n) is 9.00. The lowest BCUT2D eigenvalue weighted by atomic mass is 9.95. The van der Waals surface area contributed by atoms with Gasteiger partial charge in [0.25, 0.3) is 0 Å². The lowest BCUT2D eigenvalue weighted by Gasteiger charge is -2.12. The van der Waals surface area contributed by atoms with Gasteiger partial charge >= 0.3 is 0 Å². The Morgan fingerprint density at radius 3 is 2.23 bits per heavy atom. The Labute approximate surface area is 135 Å². The lowest BCUT2D eigenvalue weighted by Crippen LogP contribution is -1.98. The molecule has 0 aromatic heterocycles. The standard InChI is InChI=1S/C21H31N/c1-3-4-5-6-7-8-9-10-13-18-16-19-14-11-12-15-20(19)21(22)17(18)2/h11-12,14-16H,3-10,13,22H2,1-2H3. The topological polar surface area (TPSA) is 26.0 Å². The number of nitrogens with two attached hydrogens (primary N) is 1. The highest BCUT2D eigenvalue weighted by molar-refractivity contribution is 5.95. The third-order valence-electron chi connectivity index (χ3n) is 4.77. The van der Waals surface area contributed by atoms with Crippen LogP contribution in [0.1, 0.15) is 69.4 Å². The molecule has 120 valence electrons. The minimum absolute atomic E-state index is 0.965. The Bertz CT molecular complexity index is 586. The van der Waals surface area contributed by atoms with Crippen LogP contribution in [0.3, 0.4) is 0 Å². The van der Waals surface area contributed by atoms with Gasteiger partial charge < -0.3 is 5.73 Å². The van der Waals surface area contributed by atoms with E-state index in [1.165, 1.54) is 73.3 Å². The molecule has 22 heavy (non-hydrogen) atoms. The van der Waals surface area contributed by atoms with Crippen LogP contribution >= 0.6 is 0 Å². The van der Waals surface area contributed by atoms with Crippen molar-refractivity contribution in [2.24, 2.45) is 0 Å². The number of hydrogen-bond acceptors (Lipinski definition) is 1. The zero-order valence-corrected chi connectivity index (χ0v) is 14.3. The Hall–Kier alpha value is -1.50. The van der Waals surface area contributed by atoms with E-state index in [0.717, 1.165) is 12.1 Å². The van der Waals surface area contributed by atoms with E-state index in [2.05, 4.69) is 44.2 Å². The molecule has 0 aliphatic heterocycles. The van der Waals surface area contributed by atoms with Crippen LogP contribution in [-0.4, -0.2) is 0 Å². The van der Waals surface area contributed by atoms with E-state index in [9.17, 15) is 0 Å². The number of nitrogen functional groups attached to an aromatic ring is 1. The highest BCUT2D eigenvalue weighted by Gasteiger charge is 2.07. The molecule has 0 saturated carbocycles. The molecule has 0 aliphatic carbocycles. The van der Waals surface area contributed by atoms with Gasteiger partial charge in [-0.3, -0.25) is 0 Å². The van der Waals surface area contributed by atoms with Crippen LogP contribution < -0.4 is 5.73 Å². The summed E-state index contributed by atoms with van der Waals surface area (Å²) in [7, 11) is 0. The quantitative estimate of drug-likeness (QED) is 0.420. The zero-order valence-electron chi connectivity index (χ0n) is 14.3. The van der Waals surface area contributed by atoms with Gasteiger partial charge in [0.1, 0.15) is 0 Å². The summed E-state index contributed by atoms with van der Waals surface area (Å²) in [5, 5.41) is 2.47. The smallest absolute Gasteiger partial charge is 0.0426 e. The first-order valence-corrected chi connectivity index (χ1v) is 9.00. The van der Waals surface area contributed by atoms with Crippen LogP contribution in [0.4, 0.5) is 5.69 Å². The molecule has 0 aliphatic rings. The van der Waals surface area contributed by atoms with Crippen molar-refractivity contribution in [1.29, 1.82) is 0 Å². The van der Waals surface area contributed by atoms with Crippen molar-refractivity contribution in [2.75, 3.05) is 5.73 Å². The number of aryl methyl sites for hydroxylation is 1. The van der Waals surface area contributed by atoms with Gasteiger partial charge in [-0.15, -0.1) is 0 Å². The van der Waals surface area contributed by atoms with Crippen molar-refractivity contribution in [3.63, 3.8) is 0 Å². The highest BCUT2D eigenvalue weighted by atomic mass is 14.6. The monoisotopic (exact) mass is 297 g/mol. The molecule has 1 heteroatoms. The van der Waals surface area contributed by atoms with E-state index in [1.807, 2.05) is 0 Å². The second-order valence-corrected chi connectivity index (χ2v) is 6.52. The predicted octanol–water partition coefficient (Wildman–Crippen LogP) is 6.41. The van der Waals surface area contributed by atoms with E-state index in [4.69, 9.17) is 5.73 Å². The number of hydrogen-bond donors (Lipinski definition) is 1. The van der Waals surface area contributed by atoms with Gasteiger partial charge in [0.05, 0.1) is 0 Å². The summed E-state index contributed by atoms with van der Waals surface area (Å²) in [5.41, 5.74) is 9.99. The number of rotatable bonds is 9. The first-order chi connectivity index (χ1) is 10.7. The molecule has 0 radical (unpaired) electrons. The maximum atomic E-state index is 6.32. The fourth-order valence-corrected chi connectivity index (χ4v) is 3.25. The molecule has 0 fully saturated rings. The molecule has 0 spiro atoms. The highest BCUT2D eigenvalue weighted by Crippen LogP contribution is 2.28. The van der Waals surface area contributed by atoms with Crippen molar-refractivity contribution < 1.29 is 0 Å². The number of benzene rings is 2. The second kappa shape index (κ2) is 8.82. The summed E-state index contributed by atoms with van der Waals surface area (Å²) in [4.78, 5) is 0. The fourth-order valence-electron chi connectivity index (χ4n) is 3.25. The van der Waals surface area contributed by atoms with Crippen LogP contribution in [0.2, 0.25) is 0 Å². The van der Waals surface area contributed by atoms with E-state index < -0.39 is 0 Å². The van der Waals surface area contributed by atoms with Crippen molar-refractivity contribution in [1.82, 2.24) is 0 Å². The molecule has 0 atom stereocenters. The summed E-state index contributed by atoms with van der Waals surface area (Å²) in [6, 6.07) is 10.8. The van der Waals surface area contributed by atoms with Crippen molar-refractivity contribution in [3.05, 3.63) is 41.5 Å². The maximum Gasteiger partial charge on any atom is 0.0426 e. The van der Waals surface area contributed by atoms with E-state index in [-0.39, 0.29) is 0 Å². The Balaban J connectivity index is 1.83.